The van der Waals surface area contributed by atoms with Crippen molar-refractivity contribution in [1.82, 2.24) is 4.90 Å². The summed E-state index contributed by atoms with van der Waals surface area (Å²) in [6, 6.07) is 14.1. The van der Waals surface area contributed by atoms with Crippen LogP contribution in [-0.4, -0.2) is 36.2 Å². The van der Waals surface area contributed by atoms with E-state index in [1.807, 2.05) is 30.3 Å². The molecule has 3 nitrogen and oxygen atoms in total. The molecule has 0 aromatic heterocycles. The average Bonchev–Trinajstić information content (AvgIpc) is 2.89. The molecule has 2 aromatic carbocycles. The van der Waals surface area contributed by atoms with Crippen LogP contribution in [0, 0.1) is 0 Å². The topological polar surface area (TPSA) is 32.7 Å². The zero-order valence-corrected chi connectivity index (χ0v) is 13.4. The minimum atomic E-state index is -0.535. The molecule has 3 heteroatoms. The highest BCUT2D eigenvalue weighted by atomic mass is 16.5. The first kappa shape index (κ1) is 14.7. The van der Waals surface area contributed by atoms with E-state index in [4.69, 9.17) is 4.74 Å². The standard InChI is InChI=1S/C20H23NO2/c22-20-18-7-3-2-6-16(18)17-9-8-15(14-19(17)20)23-13-12-21-10-4-1-5-11-21/h2-3,6-9,14,20,22H,1,4-5,10-13H2. The fraction of sp³-hybridized carbons (Fsp3) is 0.400. The Morgan fingerprint density at radius 3 is 2.61 bits per heavy atom. The third-order valence-electron chi connectivity index (χ3n) is 4.99. The molecule has 2 aliphatic rings. The molecule has 1 aliphatic heterocycles. The molecular weight excluding hydrogens is 286 g/mol. The van der Waals surface area contributed by atoms with Crippen molar-refractivity contribution in [3.63, 3.8) is 0 Å². The lowest BCUT2D eigenvalue weighted by molar-refractivity contribution is 0.183. The maximum Gasteiger partial charge on any atom is 0.119 e. The minimum absolute atomic E-state index is 0.535. The van der Waals surface area contributed by atoms with Gasteiger partial charge in [-0.25, -0.2) is 0 Å². The van der Waals surface area contributed by atoms with Crippen molar-refractivity contribution in [3.05, 3.63) is 53.6 Å². The highest BCUT2D eigenvalue weighted by molar-refractivity contribution is 5.78. The number of aliphatic hydroxyl groups excluding tert-OH is 1. The monoisotopic (exact) mass is 309 g/mol. The molecule has 0 radical (unpaired) electrons. The number of fused-ring (bicyclic) bond motifs is 3. The largest absolute Gasteiger partial charge is 0.492 e. The van der Waals surface area contributed by atoms with Crippen LogP contribution in [0.25, 0.3) is 11.1 Å². The van der Waals surface area contributed by atoms with Crippen LogP contribution in [0.1, 0.15) is 36.5 Å². The molecule has 0 bridgehead atoms. The van der Waals surface area contributed by atoms with Crippen LogP contribution in [0.3, 0.4) is 0 Å². The maximum absolute atomic E-state index is 10.5. The zero-order chi connectivity index (χ0) is 15.6. The van der Waals surface area contributed by atoms with Crippen LogP contribution >= 0.6 is 0 Å². The maximum atomic E-state index is 10.5. The molecule has 0 amide bonds. The third-order valence-corrected chi connectivity index (χ3v) is 4.99. The smallest absolute Gasteiger partial charge is 0.119 e. The Morgan fingerprint density at radius 1 is 0.957 bits per heavy atom. The lowest BCUT2D eigenvalue weighted by Gasteiger charge is -2.26. The molecular formula is C20H23NO2. The second kappa shape index (κ2) is 6.34. The zero-order valence-electron chi connectivity index (χ0n) is 13.4. The van der Waals surface area contributed by atoms with Gasteiger partial charge in [0, 0.05) is 6.54 Å². The molecule has 1 heterocycles. The number of rotatable bonds is 4. The van der Waals surface area contributed by atoms with Gasteiger partial charge in [-0.05, 0) is 60.3 Å². The molecule has 1 saturated heterocycles. The number of hydrogen-bond donors (Lipinski definition) is 1. The van der Waals surface area contributed by atoms with Gasteiger partial charge in [-0.1, -0.05) is 36.8 Å². The molecule has 0 saturated carbocycles. The lowest BCUT2D eigenvalue weighted by atomic mass is 10.1. The Hall–Kier alpha value is -1.84. The predicted octanol–water partition coefficient (Wildman–Crippen LogP) is 3.61. The Balaban J connectivity index is 1.44. The summed E-state index contributed by atoms with van der Waals surface area (Å²) in [5, 5.41) is 10.5. The number of benzene rings is 2. The molecule has 1 unspecified atom stereocenters. The minimum Gasteiger partial charge on any atom is -0.492 e. The molecule has 23 heavy (non-hydrogen) atoms. The van der Waals surface area contributed by atoms with Gasteiger partial charge in [0.15, 0.2) is 0 Å². The normalized spacial score (nSPS) is 20.1. The summed E-state index contributed by atoms with van der Waals surface area (Å²) in [5.41, 5.74) is 4.21. The molecule has 1 N–H and O–H groups in total. The van der Waals surface area contributed by atoms with E-state index in [0.717, 1.165) is 34.5 Å². The number of piperidine rings is 1. The van der Waals surface area contributed by atoms with Crippen LogP contribution in [-0.2, 0) is 0 Å². The van der Waals surface area contributed by atoms with Crippen molar-refractivity contribution in [2.45, 2.75) is 25.4 Å². The van der Waals surface area contributed by atoms with Gasteiger partial charge in [0.05, 0.1) is 0 Å². The molecule has 1 fully saturated rings. The Bertz CT molecular complexity index is 692. The molecule has 0 spiro atoms. The van der Waals surface area contributed by atoms with Gasteiger partial charge in [-0.3, -0.25) is 4.90 Å². The summed E-state index contributed by atoms with van der Waals surface area (Å²) in [4.78, 5) is 2.47. The Labute approximate surface area is 137 Å². The summed E-state index contributed by atoms with van der Waals surface area (Å²) in [6.45, 7) is 4.09. The first-order chi connectivity index (χ1) is 11.3. The van der Waals surface area contributed by atoms with Gasteiger partial charge >= 0.3 is 0 Å². The fourth-order valence-electron chi connectivity index (χ4n) is 3.73. The third kappa shape index (κ3) is 2.87. The first-order valence-corrected chi connectivity index (χ1v) is 8.59. The van der Waals surface area contributed by atoms with Crippen molar-refractivity contribution in [3.8, 4) is 16.9 Å². The highest BCUT2D eigenvalue weighted by Gasteiger charge is 2.26. The number of aliphatic hydroxyl groups is 1. The number of hydrogen-bond acceptors (Lipinski definition) is 3. The van der Waals surface area contributed by atoms with E-state index in [0.29, 0.717) is 6.61 Å². The number of likely N-dealkylation sites (tertiary alicyclic amines) is 1. The van der Waals surface area contributed by atoms with Gasteiger partial charge in [-0.2, -0.15) is 0 Å². The molecule has 2 aromatic rings. The fourth-order valence-corrected chi connectivity index (χ4v) is 3.73. The van der Waals surface area contributed by atoms with E-state index in [1.54, 1.807) is 0 Å². The van der Waals surface area contributed by atoms with E-state index >= 15 is 0 Å². The Morgan fingerprint density at radius 2 is 1.74 bits per heavy atom. The Kier molecular flexibility index (Phi) is 4.06. The first-order valence-electron chi connectivity index (χ1n) is 8.59. The van der Waals surface area contributed by atoms with Crippen molar-refractivity contribution >= 4 is 0 Å². The van der Waals surface area contributed by atoms with Crippen LogP contribution in [0.5, 0.6) is 5.75 Å². The second-order valence-electron chi connectivity index (χ2n) is 6.49. The highest BCUT2D eigenvalue weighted by Crippen LogP contribution is 2.44. The van der Waals surface area contributed by atoms with Crippen molar-refractivity contribution < 1.29 is 9.84 Å². The van der Waals surface area contributed by atoms with Crippen molar-refractivity contribution in [2.75, 3.05) is 26.2 Å². The van der Waals surface area contributed by atoms with E-state index < -0.39 is 6.10 Å². The van der Waals surface area contributed by atoms with Crippen LogP contribution in [0.4, 0.5) is 0 Å². The van der Waals surface area contributed by atoms with Gasteiger partial charge in [0.2, 0.25) is 0 Å². The number of nitrogens with zero attached hydrogens (tertiary/aromatic N) is 1. The van der Waals surface area contributed by atoms with Crippen LogP contribution in [0.2, 0.25) is 0 Å². The van der Waals surface area contributed by atoms with E-state index in [2.05, 4.69) is 17.0 Å². The van der Waals surface area contributed by atoms with Crippen molar-refractivity contribution in [1.29, 1.82) is 0 Å². The summed E-state index contributed by atoms with van der Waals surface area (Å²) < 4.78 is 5.93. The van der Waals surface area contributed by atoms with E-state index in [1.165, 1.54) is 32.4 Å². The second-order valence-corrected chi connectivity index (χ2v) is 6.49. The van der Waals surface area contributed by atoms with Gasteiger partial charge < -0.3 is 9.84 Å². The summed E-state index contributed by atoms with van der Waals surface area (Å²) in [7, 11) is 0. The van der Waals surface area contributed by atoms with Crippen LogP contribution in [0.15, 0.2) is 42.5 Å². The quantitative estimate of drug-likeness (QED) is 0.936. The average molecular weight is 309 g/mol. The van der Waals surface area contributed by atoms with E-state index in [9.17, 15) is 5.11 Å². The molecule has 4 rings (SSSR count). The molecule has 1 atom stereocenters. The van der Waals surface area contributed by atoms with Gasteiger partial charge in [0.25, 0.3) is 0 Å². The van der Waals surface area contributed by atoms with Gasteiger partial charge in [-0.15, -0.1) is 0 Å². The number of ether oxygens (including phenoxy) is 1. The van der Waals surface area contributed by atoms with Gasteiger partial charge in [0.1, 0.15) is 18.5 Å². The summed E-state index contributed by atoms with van der Waals surface area (Å²) in [5.74, 6) is 0.854. The van der Waals surface area contributed by atoms with E-state index in [-0.39, 0.29) is 0 Å². The SMILES string of the molecule is OC1c2ccccc2-c2ccc(OCCN3CCCCC3)cc21. The van der Waals surface area contributed by atoms with Crippen LogP contribution < -0.4 is 4.74 Å². The van der Waals surface area contributed by atoms with Crippen molar-refractivity contribution in [2.24, 2.45) is 0 Å². The summed E-state index contributed by atoms with van der Waals surface area (Å²) in [6.07, 6.45) is 3.44. The summed E-state index contributed by atoms with van der Waals surface area (Å²) >= 11 is 0. The molecule has 120 valence electrons. The lowest BCUT2D eigenvalue weighted by Crippen LogP contribution is -2.33. The predicted molar refractivity (Wildman–Crippen MR) is 91.7 cm³/mol. The molecule has 1 aliphatic carbocycles.